The quantitative estimate of drug-likeness (QED) is 0.332. The van der Waals surface area contributed by atoms with Gasteiger partial charge in [0.15, 0.2) is 0 Å². The Hall–Kier alpha value is -2.66. The summed E-state index contributed by atoms with van der Waals surface area (Å²) in [5.41, 5.74) is 5.58. The smallest absolute Gasteiger partial charge is 0.337 e. The molecule has 1 amide bonds. The molecule has 0 bridgehead atoms. The molecule has 0 atom stereocenters. The summed E-state index contributed by atoms with van der Waals surface area (Å²) in [6, 6.07) is 15.7. The van der Waals surface area contributed by atoms with E-state index in [1.54, 1.807) is 17.6 Å². The monoisotopic (exact) mass is 341 g/mol. The van der Waals surface area contributed by atoms with E-state index < -0.39 is 0 Å². The summed E-state index contributed by atoms with van der Waals surface area (Å²) in [6.07, 6.45) is 4.05. The number of aryl methyl sites for hydroxylation is 1. The first-order valence-electron chi connectivity index (χ1n) is 8.34. The summed E-state index contributed by atoms with van der Waals surface area (Å²) in [5, 5.41) is 8.42. The Kier molecular flexibility index (Phi) is 7.16. The van der Waals surface area contributed by atoms with E-state index >= 15 is 0 Å². The molecule has 0 aliphatic carbocycles. The number of nitrogens with one attached hydrogen (secondary N) is 1. The highest BCUT2D eigenvalue weighted by molar-refractivity contribution is 5.89. The number of methoxy groups -OCH3 is 1. The number of rotatable bonds is 8. The lowest BCUT2D eigenvalue weighted by molar-refractivity contribution is -0.129. The molecule has 132 valence electrons. The van der Waals surface area contributed by atoms with Crippen molar-refractivity contribution in [3.8, 4) is 11.1 Å². The molecule has 0 fully saturated rings. The molecule has 0 radical (unpaired) electrons. The number of hydrogen-bond donors (Lipinski definition) is 2. The molecule has 0 aromatic heterocycles. The topological polar surface area (TPSA) is 75.6 Å². The fourth-order valence-corrected chi connectivity index (χ4v) is 2.63. The van der Waals surface area contributed by atoms with Crippen molar-refractivity contribution in [1.29, 1.82) is 0 Å². The first-order chi connectivity index (χ1) is 12.1. The largest absolute Gasteiger partial charge is 0.465 e. The number of benzene rings is 2. The van der Waals surface area contributed by atoms with Gasteiger partial charge >= 0.3 is 5.97 Å². The van der Waals surface area contributed by atoms with E-state index in [1.165, 1.54) is 12.7 Å². The summed E-state index contributed by atoms with van der Waals surface area (Å²) >= 11 is 0. The van der Waals surface area contributed by atoms with E-state index in [4.69, 9.17) is 9.94 Å². The maximum atomic E-state index is 11.5. The van der Waals surface area contributed by atoms with E-state index in [0.717, 1.165) is 36.8 Å². The van der Waals surface area contributed by atoms with Gasteiger partial charge in [0.05, 0.1) is 12.7 Å². The molecule has 0 aliphatic heterocycles. The van der Waals surface area contributed by atoms with Crippen molar-refractivity contribution in [1.82, 2.24) is 5.48 Å². The second kappa shape index (κ2) is 9.59. The van der Waals surface area contributed by atoms with Crippen LogP contribution in [0.5, 0.6) is 0 Å². The Labute approximate surface area is 147 Å². The van der Waals surface area contributed by atoms with Crippen LogP contribution in [0.1, 0.15) is 41.6 Å². The van der Waals surface area contributed by atoms with Gasteiger partial charge in [-0.2, -0.15) is 0 Å². The maximum absolute atomic E-state index is 11.5. The molecule has 2 aromatic carbocycles. The third-order valence-corrected chi connectivity index (χ3v) is 4.09. The third-order valence-electron chi connectivity index (χ3n) is 4.09. The van der Waals surface area contributed by atoms with Crippen LogP contribution < -0.4 is 5.48 Å². The van der Waals surface area contributed by atoms with Crippen LogP contribution in [-0.4, -0.2) is 24.2 Å². The van der Waals surface area contributed by atoms with Crippen molar-refractivity contribution in [3.05, 3.63) is 59.7 Å². The van der Waals surface area contributed by atoms with Gasteiger partial charge in [0.25, 0.3) is 0 Å². The number of carbonyl (C=O) groups excluding carboxylic acids is 2. The molecule has 25 heavy (non-hydrogen) atoms. The highest BCUT2D eigenvalue weighted by Gasteiger charge is 2.05. The summed E-state index contributed by atoms with van der Waals surface area (Å²) in [4.78, 5) is 22.4. The molecular formula is C20H23NO4. The zero-order valence-electron chi connectivity index (χ0n) is 14.3. The molecule has 2 aromatic rings. The van der Waals surface area contributed by atoms with Gasteiger partial charge in [-0.3, -0.25) is 10.0 Å². The molecule has 0 heterocycles. The van der Waals surface area contributed by atoms with Crippen LogP contribution in [0.25, 0.3) is 11.1 Å². The molecule has 0 aliphatic rings. The molecule has 0 saturated heterocycles. The zero-order chi connectivity index (χ0) is 18.1. The van der Waals surface area contributed by atoms with Gasteiger partial charge < -0.3 is 4.74 Å². The van der Waals surface area contributed by atoms with Gasteiger partial charge in [-0.15, -0.1) is 0 Å². The van der Waals surface area contributed by atoms with Gasteiger partial charge in [0, 0.05) is 6.42 Å². The van der Waals surface area contributed by atoms with E-state index in [2.05, 4.69) is 24.3 Å². The van der Waals surface area contributed by atoms with Crippen LogP contribution in [0.4, 0.5) is 0 Å². The first kappa shape index (κ1) is 18.7. The van der Waals surface area contributed by atoms with Crippen molar-refractivity contribution < 1.29 is 19.5 Å². The SMILES string of the molecule is COC(=O)c1ccc(-c2ccc(CCCCCC(=O)NO)cc2)cc1. The Morgan fingerprint density at radius 2 is 1.52 bits per heavy atom. The third kappa shape index (κ3) is 5.72. The zero-order valence-corrected chi connectivity index (χ0v) is 14.3. The van der Waals surface area contributed by atoms with E-state index in [9.17, 15) is 9.59 Å². The number of unbranched alkanes of at least 4 members (excludes halogenated alkanes) is 2. The molecule has 5 nitrogen and oxygen atoms in total. The fraction of sp³-hybridized carbons (Fsp3) is 0.300. The highest BCUT2D eigenvalue weighted by Crippen LogP contribution is 2.21. The second-order valence-corrected chi connectivity index (χ2v) is 5.86. The average molecular weight is 341 g/mol. The van der Waals surface area contributed by atoms with Crippen LogP contribution in [0.2, 0.25) is 0 Å². The Morgan fingerprint density at radius 3 is 2.08 bits per heavy atom. The van der Waals surface area contributed by atoms with Crippen LogP contribution in [-0.2, 0) is 16.0 Å². The van der Waals surface area contributed by atoms with Gasteiger partial charge in [0.1, 0.15) is 0 Å². The second-order valence-electron chi connectivity index (χ2n) is 5.86. The minimum atomic E-state index is -0.335. The van der Waals surface area contributed by atoms with Gasteiger partial charge in [-0.25, -0.2) is 10.3 Å². The van der Waals surface area contributed by atoms with Gasteiger partial charge in [-0.05, 0) is 48.1 Å². The molecule has 5 heteroatoms. The van der Waals surface area contributed by atoms with E-state index in [0.29, 0.717) is 12.0 Å². The van der Waals surface area contributed by atoms with Crippen LogP contribution >= 0.6 is 0 Å². The normalized spacial score (nSPS) is 10.3. The maximum Gasteiger partial charge on any atom is 0.337 e. The van der Waals surface area contributed by atoms with Crippen molar-refractivity contribution >= 4 is 11.9 Å². The Balaban J connectivity index is 1.85. The summed E-state index contributed by atoms with van der Waals surface area (Å²) in [6.45, 7) is 0. The van der Waals surface area contributed by atoms with Gasteiger partial charge in [-0.1, -0.05) is 42.8 Å². The van der Waals surface area contributed by atoms with Gasteiger partial charge in [0.2, 0.25) is 5.91 Å². The van der Waals surface area contributed by atoms with E-state index in [-0.39, 0.29) is 11.9 Å². The Morgan fingerprint density at radius 1 is 0.920 bits per heavy atom. The van der Waals surface area contributed by atoms with Crippen molar-refractivity contribution in [2.75, 3.05) is 7.11 Å². The van der Waals surface area contributed by atoms with E-state index in [1.807, 2.05) is 12.1 Å². The first-order valence-corrected chi connectivity index (χ1v) is 8.34. The standard InChI is InChI=1S/C20H23NO4/c1-25-20(23)18-13-11-17(12-14-18)16-9-7-15(8-10-16)5-3-2-4-6-19(22)21-24/h7-14,24H,2-6H2,1H3,(H,21,22). The molecule has 0 unspecified atom stereocenters. The van der Waals surface area contributed by atoms with Crippen molar-refractivity contribution in [3.63, 3.8) is 0 Å². The lowest BCUT2D eigenvalue weighted by atomic mass is 10.00. The lowest BCUT2D eigenvalue weighted by Crippen LogP contribution is -2.17. The number of ether oxygens (including phenoxy) is 1. The number of amides is 1. The summed E-state index contributed by atoms with van der Waals surface area (Å²) < 4.78 is 4.70. The number of hydroxylamine groups is 1. The lowest BCUT2D eigenvalue weighted by Gasteiger charge is -2.06. The molecule has 0 saturated carbocycles. The molecule has 2 N–H and O–H groups in total. The summed E-state index contributed by atoms with van der Waals surface area (Å²) in [5.74, 6) is -0.666. The van der Waals surface area contributed by atoms with Crippen molar-refractivity contribution in [2.45, 2.75) is 32.1 Å². The molecule has 2 rings (SSSR count). The minimum Gasteiger partial charge on any atom is -0.465 e. The number of hydrogen-bond acceptors (Lipinski definition) is 4. The predicted octanol–water partition coefficient (Wildman–Crippen LogP) is 3.75. The minimum absolute atomic E-state index is 0.331. The molecule has 0 spiro atoms. The summed E-state index contributed by atoms with van der Waals surface area (Å²) in [7, 11) is 1.37. The fourth-order valence-electron chi connectivity index (χ4n) is 2.63. The van der Waals surface area contributed by atoms with Crippen molar-refractivity contribution in [2.24, 2.45) is 0 Å². The van der Waals surface area contributed by atoms with Crippen LogP contribution in [0.3, 0.4) is 0 Å². The highest BCUT2D eigenvalue weighted by atomic mass is 16.5. The average Bonchev–Trinajstić information content (AvgIpc) is 2.67. The number of carbonyl (C=O) groups is 2. The predicted molar refractivity (Wildman–Crippen MR) is 95.3 cm³/mol. The number of esters is 1. The molecular weight excluding hydrogens is 318 g/mol. The Bertz CT molecular complexity index is 693. The van der Waals surface area contributed by atoms with Crippen LogP contribution in [0, 0.1) is 0 Å². The van der Waals surface area contributed by atoms with Crippen LogP contribution in [0.15, 0.2) is 48.5 Å².